The van der Waals surface area contributed by atoms with Crippen LogP contribution >= 0.6 is 11.3 Å². The van der Waals surface area contributed by atoms with Crippen LogP contribution in [0, 0.1) is 13.8 Å². The van der Waals surface area contributed by atoms with Crippen LogP contribution in [0.3, 0.4) is 0 Å². The minimum atomic E-state index is 0.400. The van der Waals surface area contributed by atoms with E-state index in [-0.39, 0.29) is 0 Å². The minimum absolute atomic E-state index is 0.400. The number of rotatable bonds is 5. The van der Waals surface area contributed by atoms with E-state index in [1.165, 1.54) is 23.4 Å². The molecular weight excluding hydrogens is 256 g/mol. The highest BCUT2D eigenvalue weighted by Crippen LogP contribution is 2.27. The van der Waals surface area contributed by atoms with Gasteiger partial charge < -0.3 is 10.1 Å². The Morgan fingerprint density at radius 2 is 2.26 bits per heavy atom. The first-order chi connectivity index (χ1) is 9.10. The Kier molecular flexibility index (Phi) is 5.37. The Labute approximate surface area is 120 Å². The second kappa shape index (κ2) is 6.82. The molecule has 1 aromatic rings. The number of hydrogen-bond donors (Lipinski definition) is 1. The van der Waals surface area contributed by atoms with Gasteiger partial charge in [-0.15, -0.1) is 11.3 Å². The molecule has 0 radical (unpaired) electrons. The molecule has 0 aromatic carbocycles. The van der Waals surface area contributed by atoms with E-state index in [9.17, 15) is 0 Å². The molecule has 1 fully saturated rings. The first kappa shape index (κ1) is 14.9. The van der Waals surface area contributed by atoms with Gasteiger partial charge in [-0.05, 0) is 40.0 Å². The van der Waals surface area contributed by atoms with Gasteiger partial charge in [-0.25, -0.2) is 4.98 Å². The van der Waals surface area contributed by atoms with Gasteiger partial charge in [0.2, 0.25) is 0 Å². The van der Waals surface area contributed by atoms with Gasteiger partial charge in [0.25, 0.3) is 0 Å². The number of hydrogen-bond acceptors (Lipinski definition) is 4. The lowest BCUT2D eigenvalue weighted by molar-refractivity contribution is -0.00467. The van der Waals surface area contributed by atoms with E-state index in [2.05, 4.69) is 38.0 Å². The van der Waals surface area contributed by atoms with Crippen LogP contribution in [0.5, 0.6) is 0 Å². The third-order valence-electron chi connectivity index (χ3n) is 3.80. The van der Waals surface area contributed by atoms with Crippen molar-refractivity contribution in [3.05, 3.63) is 15.6 Å². The maximum atomic E-state index is 5.81. The zero-order chi connectivity index (χ0) is 13.8. The third kappa shape index (κ3) is 4.01. The number of nitrogens with one attached hydrogen (secondary N) is 1. The lowest BCUT2D eigenvalue weighted by atomic mass is 9.99. The molecule has 3 atom stereocenters. The number of aromatic nitrogens is 1. The van der Waals surface area contributed by atoms with E-state index in [0.29, 0.717) is 18.2 Å². The fraction of sp³-hybridized carbons (Fsp3) is 0.800. The van der Waals surface area contributed by atoms with Gasteiger partial charge in [0, 0.05) is 23.6 Å². The van der Waals surface area contributed by atoms with Crippen LogP contribution in [-0.4, -0.2) is 23.7 Å². The quantitative estimate of drug-likeness (QED) is 0.893. The summed E-state index contributed by atoms with van der Waals surface area (Å²) < 4.78 is 5.81. The van der Waals surface area contributed by atoms with E-state index in [1.807, 2.05) is 11.3 Å². The minimum Gasteiger partial charge on any atom is -0.378 e. The van der Waals surface area contributed by atoms with Gasteiger partial charge in [-0.2, -0.15) is 0 Å². The topological polar surface area (TPSA) is 34.2 Å². The van der Waals surface area contributed by atoms with Crippen LogP contribution in [0.15, 0.2) is 0 Å². The highest BCUT2D eigenvalue weighted by molar-refractivity contribution is 7.11. The second-order valence-electron chi connectivity index (χ2n) is 5.57. The van der Waals surface area contributed by atoms with Crippen molar-refractivity contribution in [2.45, 2.75) is 71.6 Å². The normalized spacial score (nSPS) is 25.5. The number of nitrogens with zero attached hydrogens (tertiary/aromatic N) is 1. The number of aryl methyl sites for hydroxylation is 2. The molecule has 0 spiro atoms. The summed E-state index contributed by atoms with van der Waals surface area (Å²) in [5, 5.41) is 4.93. The van der Waals surface area contributed by atoms with Crippen molar-refractivity contribution in [1.29, 1.82) is 0 Å². The van der Waals surface area contributed by atoms with Crippen molar-refractivity contribution < 1.29 is 4.74 Å². The molecule has 1 saturated heterocycles. The summed E-state index contributed by atoms with van der Waals surface area (Å²) in [6.07, 6.45) is 5.12. The summed E-state index contributed by atoms with van der Waals surface area (Å²) in [4.78, 5) is 5.91. The van der Waals surface area contributed by atoms with E-state index in [4.69, 9.17) is 4.74 Å². The molecule has 0 amide bonds. The molecule has 1 aromatic heterocycles. The molecule has 2 rings (SSSR count). The maximum absolute atomic E-state index is 5.81. The summed E-state index contributed by atoms with van der Waals surface area (Å²) in [6.45, 7) is 9.58. The van der Waals surface area contributed by atoms with Crippen LogP contribution in [-0.2, 0) is 4.74 Å². The molecule has 0 aliphatic carbocycles. The molecule has 0 saturated carbocycles. The standard InChI is InChI=1S/C15H26N2OS/c1-5-6-14-9-13(7-8-18-14)17-11(3)15-10(2)16-12(4)19-15/h11,13-14,17H,5-9H2,1-4H3. The molecular formula is C15H26N2OS. The van der Waals surface area contributed by atoms with Crippen molar-refractivity contribution in [3.63, 3.8) is 0 Å². The lowest BCUT2D eigenvalue weighted by Crippen LogP contribution is -2.40. The first-order valence-electron chi connectivity index (χ1n) is 7.41. The Bertz CT molecular complexity index is 403. The predicted molar refractivity (Wildman–Crippen MR) is 80.8 cm³/mol. The van der Waals surface area contributed by atoms with Crippen molar-refractivity contribution >= 4 is 11.3 Å². The molecule has 3 nitrogen and oxygen atoms in total. The average Bonchev–Trinajstić information content (AvgIpc) is 2.69. The maximum Gasteiger partial charge on any atom is 0.0900 e. The van der Waals surface area contributed by atoms with E-state index in [0.717, 1.165) is 24.5 Å². The molecule has 108 valence electrons. The summed E-state index contributed by atoms with van der Waals surface area (Å²) in [6, 6.07) is 0.985. The zero-order valence-corrected chi connectivity index (χ0v) is 13.3. The highest BCUT2D eigenvalue weighted by Gasteiger charge is 2.24. The summed E-state index contributed by atoms with van der Waals surface area (Å²) in [5.74, 6) is 0. The molecule has 19 heavy (non-hydrogen) atoms. The molecule has 4 heteroatoms. The fourth-order valence-corrected chi connectivity index (χ4v) is 3.87. The summed E-state index contributed by atoms with van der Waals surface area (Å²) in [5.41, 5.74) is 1.18. The van der Waals surface area contributed by atoms with E-state index < -0.39 is 0 Å². The molecule has 0 bridgehead atoms. The Hall–Kier alpha value is -0.450. The van der Waals surface area contributed by atoms with E-state index >= 15 is 0 Å². The van der Waals surface area contributed by atoms with Crippen LogP contribution in [0.1, 0.15) is 61.2 Å². The highest BCUT2D eigenvalue weighted by atomic mass is 32.1. The first-order valence-corrected chi connectivity index (χ1v) is 8.23. The molecule has 1 aliphatic rings. The second-order valence-corrected chi connectivity index (χ2v) is 6.81. The molecule has 1 N–H and O–H groups in total. The molecule has 2 heterocycles. The van der Waals surface area contributed by atoms with Crippen LogP contribution in [0.25, 0.3) is 0 Å². The van der Waals surface area contributed by atoms with Crippen molar-refractivity contribution in [3.8, 4) is 0 Å². The number of ether oxygens (including phenoxy) is 1. The summed E-state index contributed by atoms with van der Waals surface area (Å²) >= 11 is 1.82. The van der Waals surface area contributed by atoms with Crippen LogP contribution in [0.2, 0.25) is 0 Å². The predicted octanol–water partition coefficient (Wildman–Crippen LogP) is 3.76. The van der Waals surface area contributed by atoms with Gasteiger partial charge in [0.15, 0.2) is 0 Å². The Balaban J connectivity index is 1.91. The van der Waals surface area contributed by atoms with Gasteiger partial charge in [-0.3, -0.25) is 0 Å². The van der Waals surface area contributed by atoms with Crippen molar-refractivity contribution in [2.24, 2.45) is 0 Å². The van der Waals surface area contributed by atoms with Gasteiger partial charge in [-0.1, -0.05) is 13.3 Å². The third-order valence-corrected chi connectivity index (χ3v) is 5.05. The van der Waals surface area contributed by atoms with Crippen LogP contribution in [0.4, 0.5) is 0 Å². The largest absolute Gasteiger partial charge is 0.378 e. The Morgan fingerprint density at radius 3 is 2.89 bits per heavy atom. The molecule has 3 unspecified atom stereocenters. The SMILES string of the molecule is CCCC1CC(NC(C)c2sc(C)nc2C)CCO1. The van der Waals surface area contributed by atoms with Gasteiger partial charge >= 0.3 is 0 Å². The Morgan fingerprint density at radius 1 is 1.47 bits per heavy atom. The zero-order valence-electron chi connectivity index (χ0n) is 12.5. The van der Waals surface area contributed by atoms with Gasteiger partial charge in [0.05, 0.1) is 16.8 Å². The van der Waals surface area contributed by atoms with Crippen molar-refractivity contribution in [2.75, 3.05) is 6.61 Å². The lowest BCUT2D eigenvalue weighted by Gasteiger charge is -2.32. The average molecular weight is 282 g/mol. The van der Waals surface area contributed by atoms with Crippen LogP contribution < -0.4 is 5.32 Å². The monoisotopic (exact) mass is 282 g/mol. The van der Waals surface area contributed by atoms with E-state index in [1.54, 1.807) is 0 Å². The summed E-state index contributed by atoms with van der Waals surface area (Å²) in [7, 11) is 0. The fourth-order valence-electron chi connectivity index (χ4n) is 2.93. The smallest absolute Gasteiger partial charge is 0.0900 e. The number of thiazole rings is 1. The van der Waals surface area contributed by atoms with Gasteiger partial charge in [0.1, 0.15) is 0 Å². The molecule has 1 aliphatic heterocycles. The van der Waals surface area contributed by atoms with Crippen molar-refractivity contribution in [1.82, 2.24) is 10.3 Å².